The molecule has 0 unspecified atom stereocenters. The zero-order valence-electron chi connectivity index (χ0n) is 12.4. The van der Waals surface area contributed by atoms with Crippen LogP contribution in [0.4, 0.5) is 19.0 Å². The number of alkyl halides is 3. The van der Waals surface area contributed by atoms with Gasteiger partial charge in [0.1, 0.15) is 17.8 Å². The zero-order chi connectivity index (χ0) is 16.4. The van der Waals surface area contributed by atoms with Crippen LogP contribution in [0.1, 0.15) is 18.1 Å². The van der Waals surface area contributed by atoms with Crippen molar-refractivity contribution >= 4 is 16.9 Å². The van der Waals surface area contributed by atoms with E-state index in [4.69, 9.17) is 0 Å². The zero-order valence-corrected chi connectivity index (χ0v) is 12.4. The minimum atomic E-state index is -4.31. The second-order valence-corrected chi connectivity index (χ2v) is 5.15. The van der Waals surface area contributed by atoms with Gasteiger partial charge in [0.05, 0.1) is 10.9 Å². The summed E-state index contributed by atoms with van der Waals surface area (Å²) in [5, 5.41) is 0.890. The highest BCUT2D eigenvalue weighted by atomic mass is 19.4. The number of anilines is 1. The lowest BCUT2D eigenvalue weighted by atomic mass is 10.1. The van der Waals surface area contributed by atoms with Crippen molar-refractivity contribution < 1.29 is 13.2 Å². The molecule has 1 N–H and O–H groups in total. The first kappa shape index (κ1) is 15.3. The summed E-state index contributed by atoms with van der Waals surface area (Å²) in [7, 11) is 0. The van der Waals surface area contributed by atoms with Crippen LogP contribution >= 0.6 is 0 Å². The third-order valence-corrected chi connectivity index (χ3v) is 3.67. The number of hydrogen-bond acceptors (Lipinski definition) is 3. The second-order valence-electron chi connectivity index (χ2n) is 5.15. The molecule has 2 heterocycles. The number of fused-ring (bicyclic) bond motifs is 1. The molecule has 3 aromatic rings. The van der Waals surface area contributed by atoms with Crippen LogP contribution in [0, 0.1) is 0 Å². The van der Waals surface area contributed by atoms with Crippen LogP contribution in [0.25, 0.3) is 11.0 Å². The van der Waals surface area contributed by atoms with E-state index in [9.17, 15) is 13.2 Å². The Kier molecular flexibility index (Phi) is 3.94. The predicted molar refractivity (Wildman–Crippen MR) is 82.1 cm³/mol. The molecule has 0 radical (unpaired) electrons. The molecule has 0 saturated carbocycles. The summed E-state index contributed by atoms with van der Waals surface area (Å²) in [6, 6.07) is 7.10. The Bertz CT molecular complexity index is 793. The Labute approximate surface area is 131 Å². The van der Waals surface area contributed by atoms with Crippen molar-refractivity contribution in [3.05, 3.63) is 54.0 Å². The van der Waals surface area contributed by atoms with E-state index >= 15 is 0 Å². The van der Waals surface area contributed by atoms with Crippen LogP contribution in [0.15, 0.2) is 42.9 Å². The molecule has 4 nitrogen and oxygen atoms in total. The molecule has 0 bridgehead atoms. The molecule has 0 aliphatic heterocycles. The maximum absolute atomic E-state index is 12.6. The average molecular weight is 320 g/mol. The van der Waals surface area contributed by atoms with E-state index in [2.05, 4.69) is 15.0 Å². The molecule has 0 amide bonds. The van der Waals surface area contributed by atoms with Crippen LogP contribution in [0.2, 0.25) is 0 Å². The van der Waals surface area contributed by atoms with Crippen molar-refractivity contribution in [2.75, 3.05) is 11.4 Å². The summed E-state index contributed by atoms with van der Waals surface area (Å²) >= 11 is 0. The first-order valence-corrected chi connectivity index (χ1v) is 7.18. The summed E-state index contributed by atoms with van der Waals surface area (Å²) in [6.45, 7) is 3.13. The molecule has 0 atom stereocenters. The lowest BCUT2D eigenvalue weighted by Gasteiger charge is -2.22. The van der Waals surface area contributed by atoms with Gasteiger partial charge in [0, 0.05) is 19.3 Å². The molecular weight excluding hydrogens is 305 g/mol. The van der Waals surface area contributed by atoms with Crippen LogP contribution in [-0.2, 0) is 12.7 Å². The Morgan fingerprint density at radius 3 is 2.48 bits per heavy atom. The van der Waals surface area contributed by atoms with Crippen molar-refractivity contribution in [1.82, 2.24) is 15.0 Å². The highest BCUT2D eigenvalue weighted by Gasteiger charge is 2.30. The van der Waals surface area contributed by atoms with Crippen LogP contribution in [0.3, 0.4) is 0 Å². The molecule has 7 heteroatoms. The molecule has 0 aliphatic rings. The normalized spacial score (nSPS) is 11.8. The van der Waals surface area contributed by atoms with Gasteiger partial charge < -0.3 is 9.88 Å². The average Bonchev–Trinajstić information content (AvgIpc) is 3.01. The lowest BCUT2D eigenvalue weighted by Crippen LogP contribution is -2.23. The predicted octanol–water partition coefficient (Wildman–Crippen LogP) is 4.00. The van der Waals surface area contributed by atoms with E-state index in [1.54, 1.807) is 6.20 Å². The third-order valence-electron chi connectivity index (χ3n) is 3.67. The van der Waals surface area contributed by atoms with E-state index in [0.29, 0.717) is 13.1 Å². The van der Waals surface area contributed by atoms with E-state index in [0.717, 1.165) is 34.5 Å². The first-order valence-electron chi connectivity index (χ1n) is 7.18. The topological polar surface area (TPSA) is 44.8 Å². The Hall–Kier alpha value is -2.57. The van der Waals surface area contributed by atoms with E-state index in [-0.39, 0.29) is 0 Å². The summed E-state index contributed by atoms with van der Waals surface area (Å²) in [5.74, 6) is 0.763. The van der Waals surface area contributed by atoms with Crippen molar-refractivity contribution in [2.45, 2.75) is 19.6 Å². The fourth-order valence-electron chi connectivity index (χ4n) is 2.47. The van der Waals surface area contributed by atoms with Crippen molar-refractivity contribution in [1.29, 1.82) is 0 Å². The summed E-state index contributed by atoms with van der Waals surface area (Å²) in [5.41, 5.74) is 0.891. The van der Waals surface area contributed by atoms with Gasteiger partial charge in [-0.3, -0.25) is 0 Å². The highest BCUT2D eigenvalue weighted by Crippen LogP contribution is 2.29. The van der Waals surface area contributed by atoms with E-state index < -0.39 is 11.7 Å². The van der Waals surface area contributed by atoms with Gasteiger partial charge in [0.2, 0.25) is 0 Å². The summed E-state index contributed by atoms with van der Waals surface area (Å²) in [4.78, 5) is 13.5. The van der Waals surface area contributed by atoms with Crippen molar-refractivity contribution in [3.63, 3.8) is 0 Å². The highest BCUT2D eigenvalue weighted by molar-refractivity contribution is 5.87. The Morgan fingerprint density at radius 1 is 1.09 bits per heavy atom. The summed E-state index contributed by atoms with van der Waals surface area (Å²) in [6.07, 6.45) is -1.05. The molecule has 0 fully saturated rings. The molecule has 23 heavy (non-hydrogen) atoms. The van der Waals surface area contributed by atoms with Gasteiger partial charge in [0.25, 0.3) is 0 Å². The Balaban J connectivity index is 1.86. The number of nitrogens with zero attached hydrogens (tertiary/aromatic N) is 3. The SMILES string of the molecule is CCN(Cc1ccc(C(F)(F)F)cc1)c1ncnc2[nH]ccc12. The smallest absolute Gasteiger partial charge is 0.352 e. The van der Waals surface area contributed by atoms with Crippen LogP contribution in [0.5, 0.6) is 0 Å². The van der Waals surface area contributed by atoms with Gasteiger partial charge in [-0.05, 0) is 30.7 Å². The van der Waals surface area contributed by atoms with Gasteiger partial charge in [-0.15, -0.1) is 0 Å². The molecule has 1 aromatic carbocycles. The van der Waals surface area contributed by atoms with E-state index in [1.165, 1.54) is 18.5 Å². The number of benzene rings is 1. The van der Waals surface area contributed by atoms with Gasteiger partial charge in [0.15, 0.2) is 0 Å². The molecular formula is C16H15F3N4. The third kappa shape index (κ3) is 3.13. The number of halogens is 3. The number of hydrogen-bond donors (Lipinski definition) is 1. The minimum Gasteiger partial charge on any atom is -0.352 e. The molecule has 0 saturated heterocycles. The monoisotopic (exact) mass is 320 g/mol. The fraction of sp³-hybridized carbons (Fsp3) is 0.250. The van der Waals surface area contributed by atoms with Crippen molar-refractivity contribution in [3.8, 4) is 0 Å². The van der Waals surface area contributed by atoms with Crippen LogP contribution in [-0.4, -0.2) is 21.5 Å². The van der Waals surface area contributed by atoms with Crippen molar-refractivity contribution in [2.24, 2.45) is 0 Å². The molecule has 2 aromatic heterocycles. The molecule has 3 rings (SSSR count). The quantitative estimate of drug-likeness (QED) is 0.790. The van der Waals surface area contributed by atoms with Gasteiger partial charge >= 0.3 is 6.18 Å². The molecule has 0 spiro atoms. The molecule has 0 aliphatic carbocycles. The lowest BCUT2D eigenvalue weighted by molar-refractivity contribution is -0.137. The van der Waals surface area contributed by atoms with Crippen LogP contribution < -0.4 is 4.90 Å². The first-order chi connectivity index (χ1) is 11.0. The fourth-order valence-corrected chi connectivity index (χ4v) is 2.47. The number of nitrogens with one attached hydrogen (secondary N) is 1. The molecule has 120 valence electrons. The maximum Gasteiger partial charge on any atom is 0.416 e. The van der Waals surface area contributed by atoms with Gasteiger partial charge in [-0.1, -0.05) is 12.1 Å². The number of H-pyrrole nitrogens is 1. The standard InChI is InChI=1S/C16H15F3N4/c1-2-23(15-13-7-8-20-14(13)21-10-22-15)9-11-3-5-12(6-4-11)16(17,18)19/h3-8,10H,2,9H2,1H3,(H,20,21,22). The van der Waals surface area contributed by atoms with E-state index in [1.807, 2.05) is 17.9 Å². The number of aromatic amines is 1. The maximum atomic E-state index is 12.6. The summed E-state index contributed by atoms with van der Waals surface area (Å²) < 4.78 is 37.9. The van der Waals surface area contributed by atoms with Gasteiger partial charge in [-0.2, -0.15) is 13.2 Å². The largest absolute Gasteiger partial charge is 0.416 e. The Morgan fingerprint density at radius 2 is 1.83 bits per heavy atom. The minimum absolute atomic E-state index is 0.478. The van der Waals surface area contributed by atoms with Gasteiger partial charge in [-0.25, -0.2) is 9.97 Å². The number of aromatic nitrogens is 3. The second kappa shape index (κ2) is 5.91. The number of rotatable bonds is 4.